The van der Waals surface area contributed by atoms with Crippen molar-refractivity contribution in [3.05, 3.63) is 136 Å². The lowest BCUT2D eigenvalue weighted by Crippen LogP contribution is -2.50. The van der Waals surface area contributed by atoms with E-state index in [1.54, 1.807) is 24.3 Å². The molecule has 0 aliphatic carbocycles. The molecule has 9 nitrogen and oxygen atoms in total. The molecular formula is C35H34FN5O4. The molecule has 2 atom stereocenters. The van der Waals surface area contributed by atoms with E-state index < -0.39 is 24.2 Å². The van der Waals surface area contributed by atoms with Crippen LogP contribution in [0, 0.1) is 0 Å². The highest BCUT2D eigenvalue weighted by molar-refractivity contribution is 6.01. The fraction of sp³-hybridized carbons (Fsp3) is 0.257. The molecule has 0 spiro atoms. The van der Waals surface area contributed by atoms with Gasteiger partial charge in [0.1, 0.15) is 12.4 Å². The Bertz CT molecular complexity index is 1660. The van der Waals surface area contributed by atoms with Gasteiger partial charge in [-0.2, -0.15) is 0 Å². The second-order valence-electron chi connectivity index (χ2n) is 10.6. The lowest BCUT2D eigenvalue weighted by molar-refractivity contribution is -0.129. The summed E-state index contributed by atoms with van der Waals surface area (Å²) >= 11 is 0. The number of rotatable bonds is 14. The third kappa shape index (κ3) is 7.32. The van der Waals surface area contributed by atoms with Crippen LogP contribution in [0.5, 0.6) is 5.75 Å². The van der Waals surface area contributed by atoms with Crippen LogP contribution in [0.15, 0.2) is 113 Å². The van der Waals surface area contributed by atoms with Crippen LogP contribution in [0.2, 0.25) is 0 Å². The zero-order valence-electron chi connectivity index (χ0n) is 24.7. The highest BCUT2D eigenvalue weighted by Crippen LogP contribution is 2.43. The van der Waals surface area contributed by atoms with Gasteiger partial charge in [0.15, 0.2) is 11.6 Å². The summed E-state index contributed by atoms with van der Waals surface area (Å²) in [6.07, 6.45) is -0.232. The van der Waals surface area contributed by atoms with Crippen LogP contribution in [0.4, 0.5) is 4.39 Å². The number of aliphatic hydroxyl groups excluding tert-OH is 1. The molecule has 2 N–H and O–H groups in total. The molecule has 4 aromatic rings. The monoisotopic (exact) mass is 607 g/mol. The average molecular weight is 608 g/mol. The van der Waals surface area contributed by atoms with E-state index in [-0.39, 0.29) is 32.0 Å². The summed E-state index contributed by atoms with van der Waals surface area (Å²) in [5.41, 5.74) is 12.4. The van der Waals surface area contributed by atoms with Crippen LogP contribution >= 0.6 is 0 Å². The molecule has 0 aromatic heterocycles. The van der Waals surface area contributed by atoms with Crippen molar-refractivity contribution >= 4 is 11.8 Å². The van der Waals surface area contributed by atoms with Crippen molar-refractivity contribution in [1.29, 1.82) is 0 Å². The molecule has 4 aromatic carbocycles. The van der Waals surface area contributed by atoms with Gasteiger partial charge in [-0.3, -0.25) is 4.79 Å². The minimum atomic E-state index is -1.51. The Morgan fingerprint density at radius 1 is 0.956 bits per heavy atom. The smallest absolute Gasteiger partial charge is 0.252 e. The van der Waals surface area contributed by atoms with E-state index in [2.05, 4.69) is 15.3 Å². The molecule has 0 bridgehead atoms. The van der Waals surface area contributed by atoms with Gasteiger partial charge in [0, 0.05) is 36.5 Å². The summed E-state index contributed by atoms with van der Waals surface area (Å²) in [5, 5.41) is 15.5. The second kappa shape index (κ2) is 15.0. The van der Waals surface area contributed by atoms with Crippen LogP contribution in [-0.4, -0.2) is 48.9 Å². The number of nitrogens with zero attached hydrogens (tertiary/aromatic N) is 4. The number of hydrogen-bond donors (Lipinski definition) is 2. The summed E-state index contributed by atoms with van der Waals surface area (Å²) < 4.78 is 25.6. The number of nitrogens with one attached hydrogen (secondary N) is 1. The first-order valence-electron chi connectivity index (χ1n) is 14.8. The first-order valence-corrected chi connectivity index (χ1v) is 14.8. The van der Waals surface area contributed by atoms with E-state index in [0.29, 0.717) is 24.3 Å². The average Bonchev–Trinajstić information content (AvgIpc) is 3.48. The maximum Gasteiger partial charge on any atom is 0.252 e. The molecule has 5 rings (SSSR count). The van der Waals surface area contributed by atoms with Crippen molar-refractivity contribution < 1.29 is 23.8 Å². The quantitative estimate of drug-likeness (QED) is 0.0733. The molecular weight excluding hydrogens is 573 g/mol. The Labute approximate surface area is 261 Å². The van der Waals surface area contributed by atoms with Crippen molar-refractivity contribution in [1.82, 2.24) is 5.32 Å². The molecule has 1 aliphatic rings. The number of ether oxygens (including phenoxy) is 2. The highest BCUT2D eigenvalue weighted by Gasteiger charge is 2.53. The predicted molar refractivity (Wildman–Crippen MR) is 171 cm³/mol. The highest BCUT2D eigenvalue weighted by atomic mass is 19.1. The topological polar surface area (TPSA) is 129 Å². The molecule has 1 heterocycles. The third-order valence-electron chi connectivity index (χ3n) is 7.61. The van der Waals surface area contributed by atoms with Crippen LogP contribution in [0.1, 0.15) is 34.8 Å². The molecule has 10 heteroatoms. The van der Waals surface area contributed by atoms with Crippen LogP contribution in [-0.2, 0) is 22.5 Å². The molecule has 1 aliphatic heterocycles. The number of aliphatic hydroxyl groups is 1. The summed E-state index contributed by atoms with van der Waals surface area (Å²) in [4.78, 5) is 22.0. The van der Waals surface area contributed by atoms with E-state index in [1.807, 2.05) is 78.9 Å². The van der Waals surface area contributed by atoms with E-state index in [0.717, 1.165) is 27.8 Å². The fourth-order valence-corrected chi connectivity index (χ4v) is 5.36. The summed E-state index contributed by atoms with van der Waals surface area (Å²) in [6.45, 7) is -0.400. The number of carbonyl (C=O) groups is 1. The number of halogens is 1. The van der Waals surface area contributed by atoms with Crippen molar-refractivity contribution in [3.63, 3.8) is 0 Å². The normalized spacial score (nSPS) is 17.1. The van der Waals surface area contributed by atoms with Crippen molar-refractivity contribution in [3.8, 4) is 16.9 Å². The summed E-state index contributed by atoms with van der Waals surface area (Å²) in [5.74, 6) is 0.407. The van der Waals surface area contributed by atoms with Gasteiger partial charge in [-0.15, -0.1) is 0 Å². The Hall–Kier alpha value is -5.18. The van der Waals surface area contributed by atoms with Gasteiger partial charge in [-0.05, 0) is 57.6 Å². The van der Waals surface area contributed by atoms with Gasteiger partial charge in [-0.25, -0.2) is 9.38 Å². The van der Waals surface area contributed by atoms with E-state index in [1.165, 1.54) is 0 Å². The van der Waals surface area contributed by atoms with Crippen LogP contribution in [0.3, 0.4) is 0 Å². The summed E-state index contributed by atoms with van der Waals surface area (Å²) in [7, 11) is 0. The number of benzene rings is 4. The van der Waals surface area contributed by atoms with Crippen LogP contribution < -0.4 is 10.1 Å². The number of azide groups is 1. The van der Waals surface area contributed by atoms with Crippen molar-refractivity contribution in [2.45, 2.75) is 31.0 Å². The Balaban J connectivity index is 1.59. The number of alkyl halides is 1. The first kappa shape index (κ1) is 31.3. The zero-order chi connectivity index (χ0) is 31.5. The van der Waals surface area contributed by atoms with Gasteiger partial charge >= 0.3 is 0 Å². The lowest BCUT2D eigenvalue weighted by Gasteiger charge is -2.31. The van der Waals surface area contributed by atoms with E-state index >= 15 is 0 Å². The van der Waals surface area contributed by atoms with Crippen molar-refractivity contribution in [2.24, 2.45) is 10.1 Å². The fourth-order valence-electron chi connectivity index (χ4n) is 5.36. The van der Waals surface area contributed by atoms with Crippen molar-refractivity contribution in [2.75, 3.05) is 26.4 Å². The number of hydrogen-bond acceptors (Lipinski definition) is 6. The second-order valence-corrected chi connectivity index (χ2v) is 10.6. The van der Waals surface area contributed by atoms with Gasteiger partial charge < -0.3 is 19.9 Å². The Morgan fingerprint density at radius 2 is 1.62 bits per heavy atom. The van der Waals surface area contributed by atoms with Gasteiger partial charge in [0.2, 0.25) is 5.90 Å². The van der Waals surface area contributed by atoms with E-state index in [9.17, 15) is 9.18 Å². The molecule has 0 saturated heterocycles. The zero-order valence-corrected chi connectivity index (χ0v) is 24.7. The maximum atomic E-state index is 14.1. The Kier molecular flexibility index (Phi) is 10.4. The minimum Gasteiger partial charge on any atom is -0.494 e. The number of carbonyl (C=O) groups excluding carboxylic acids is 1. The number of aliphatic imine (C=N–C) groups is 1. The lowest BCUT2D eigenvalue weighted by atomic mass is 9.80. The van der Waals surface area contributed by atoms with E-state index in [4.69, 9.17) is 25.1 Å². The molecule has 0 fully saturated rings. The first-order chi connectivity index (χ1) is 22.1. The molecule has 230 valence electrons. The Morgan fingerprint density at radius 3 is 2.31 bits per heavy atom. The summed E-state index contributed by atoms with van der Waals surface area (Å²) in [6, 6.07) is 32.3. The molecule has 45 heavy (non-hydrogen) atoms. The molecule has 0 unspecified atom stereocenters. The molecule has 0 saturated carbocycles. The van der Waals surface area contributed by atoms with Gasteiger partial charge in [0.25, 0.3) is 5.91 Å². The predicted octanol–water partition coefficient (Wildman–Crippen LogP) is 6.51. The molecule has 1 amide bonds. The van der Waals surface area contributed by atoms with Gasteiger partial charge in [-0.1, -0.05) is 84.0 Å². The molecule has 0 radical (unpaired) electrons. The third-order valence-corrected chi connectivity index (χ3v) is 7.61. The number of amides is 1. The maximum absolute atomic E-state index is 14.1. The van der Waals surface area contributed by atoms with Gasteiger partial charge in [0.05, 0.1) is 13.2 Å². The largest absolute Gasteiger partial charge is 0.494 e. The van der Waals surface area contributed by atoms with Crippen LogP contribution in [0.25, 0.3) is 21.6 Å². The minimum absolute atomic E-state index is 0.0367. The standard InChI is InChI=1S/C35H34FN5O4/c36-19-20-38-34(43)35(23-29-9-4-5-10-30(29)24-39-41-37)32(27-13-11-26(12-14-27)25-7-2-1-3-8-25)45-33(40-35)28-15-17-31(18-16-28)44-22-6-21-42/h1-5,7-18,32,42H,6,19-24H2,(H,38,43)/t32-,35-/m1/s1. The SMILES string of the molecule is [N-]=[N+]=NCc1ccccc1C[C@@]1(C(=O)NCCF)N=C(c2ccc(OCCCO)cc2)O[C@@H]1c1ccc(-c2ccccc2)cc1.